The van der Waals surface area contributed by atoms with E-state index >= 15 is 0 Å². The van der Waals surface area contributed by atoms with Gasteiger partial charge < -0.3 is 9.64 Å². The second-order valence-electron chi connectivity index (χ2n) is 5.01. The molecule has 0 fully saturated rings. The third-order valence-electron chi connectivity index (χ3n) is 3.35. The van der Waals surface area contributed by atoms with Gasteiger partial charge in [-0.3, -0.25) is 4.79 Å². The molecule has 7 heteroatoms. The Hall–Kier alpha value is -2.02. The molecular formula is C17H15BrF3NO2. The summed E-state index contributed by atoms with van der Waals surface area (Å²) >= 11 is 3.25. The summed E-state index contributed by atoms with van der Waals surface area (Å²) < 4.78 is 45.9. The van der Waals surface area contributed by atoms with Crippen LogP contribution in [-0.4, -0.2) is 24.0 Å². The minimum atomic E-state index is -0.885. The molecule has 0 saturated heterocycles. The molecule has 2 rings (SSSR count). The molecule has 0 aliphatic heterocycles. The first kappa shape index (κ1) is 18.3. The fourth-order valence-electron chi connectivity index (χ4n) is 2.07. The van der Waals surface area contributed by atoms with Crippen molar-refractivity contribution in [1.29, 1.82) is 0 Å². The van der Waals surface area contributed by atoms with Crippen LogP contribution in [0.25, 0.3) is 0 Å². The van der Waals surface area contributed by atoms with Gasteiger partial charge in [0.15, 0.2) is 18.2 Å². The monoisotopic (exact) mass is 401 g/mol. The van der Waals surface area contributed by atoms with Crippen LogP contribution in [0.4, 0.5) is 13.2 Å². The Labute approximate surface area is 146 Å². The van der Waals surface area contributed by atoms with Gasteiger partial charge in [0.2, 0.25) is 0 Å². The van der Waals surface area contributed by atoms with Crippen molar-refractivity contribution in [3.8, 4) is 5.75 Å². The average Bonchev–Trinajstić information content (AvgIpc) is 2.54. The van der Waals surface area contributed by atoms with Crippen molar-refractivity contribution in [3.05, 3.63) is 63.9 Å². The molecule has 0 aliphatic rings. The summed E-state index contributed by atoms with van der Waals surface area (Å²) in [6, 6.07) is 7.29. The van der Waals surface area contributed by atoms with Crippen molar-refractivity contribution < 1.29 is 22.7 Å². The quantitative estimate of drug-likeness (QED) is 0.722. The van der Waals surface area contributed by atoms with Gasteiger partial charge >= 0.3 is 0 Å². The molecule has 24 heavy (non-hydrogen) atoms. The predicted octanol–water partition coefficient (Wildman–Crippen LogP) is 4.29. The number of halogens is 4. The first-order valence-corrected chi connectivity index (χ1v) is 7.99. The van der Waals surface area contributed by atoms with E-state index in [4.69, 9.17) is 4.74 Å². The number of hydrogen-bond donors (Lipinski definition) is 0. The molecule has 0 N–H and O–H groups in total. The third-order valence-corrected chi connectivity index (χ3v) is 3.84. The van der Waals surface area contributed by atoms with E-state index in [0.29, 0.717) is 22.6 Å². The van der Waals surface area contributed by atoms with Crippen molar-refractivity contribution in [3.63, 3.8) is 0 Å². The molecule has 0 heterocycles. The molecule has 0 atom stereocenters. The topological polar surface area (TPSA) is 29.5 Å². The van der Waals surface area contributed by atoms with Crippen LogP contribution < -0.4 is 4.74 Å². The molecule has 0 radical (unpaired) electrons. The average molecular weight is 402 g/mol. The Morgan fingerprint density at radius 3 is 2.54 bits per heavy atom. The second-order valence-corrected chi connectivity index (χ2v) is 5.92. The van der Waals surface area contributed by atoms with E-state index in [9.17, 15) is 18.0 Å². The maximum absolute atomic E-state index is 13.8. The van der Waals surface area contributed by atoms with Gasteiger partial charge in [0.25, 0.3) is 5.91 Å². The molecule has 0 saturated carbocycles. The zero-order valence-corrected chi connectivity index (χ0v) is 14.4. The summed E-state index contributed by atoms with van der Waals surface area (Å²) in [7, 11) is 0. The smallest absolute Gasteiger partial charge is 0.260 e. The highest BCUT2D eigenvalue weighted by molar-refractivity contribution is 9.10. The van der Waals surface area contributed by atoms with Gasteiger partial charge in [0.1, 0.15) is 11.6 Å². The van der Waals surface area contributed by atoms with E-state index in [1.807, 2.05) is 0 Å². The van der Waals surface area contributed by atoms with Gasteiger partial charge in [0, 0.05) is 29.2 Å². The Morgan fingerprint density at radius 1 is 1.12 bits per heavy atom. The lowest BCUT2D eigenvalue weighted by molar-refractivity contribution is -0.133. The number of likely N-dealkylation sites (N-methyl/N-ethyl adjacent to an activating group) is 1. The molecule has 3 nitrogen and oxygen atoms in total. The van der Waals surface area contributed by atoms with Crippen LogP contribution >= 0.6 is 15.9 Å². The lowest BCUT2D eigenvalue weighted by atomic mass is 10.2. The summed E-state index contributed by atoms with van der Waals surface area (Å²) in [5.74, 6) is -2.68. The van der Waals surface area contributed by atoms with Gasteiger partial charge in [0.05, 0.1) is 0 Å². The summed E-state index contributed by atoms with van der Waals surface area (Å²) in [4.78, 5) is 13.6. The summed E-state index contributed by atoms with van der Waals surface area (Å²) in [5.41, 5.74) is 0.354. The van der Waals surface area contributed by atoms with Crippen LogP contribution in [0.15, 0.2) is 40.9 Å². The lowest BCUT2D eigenvalue weighted by Crippen LogP contribution is -2.34. The Balaban J connectivity index is 2.02. The Kier molecular flexibility index (Phi) is 6.25. The third kappa shape index (κ3) is 4.74. The number of carbonyl (C=O) groups excluding carboxylic acids is 1. The number of rotatable bonds is 6. The van der Waals surface area contributed by atoms with Crippen LogP contribution in [0, 0.1) is 17.5 Å². The molecule has 0 spiro atoms. The van der Waals surface area contributed by atoms with E-state index in [0.717, 1.165) is 12.1 Å². The molecule has 128 valence electrons. The highest BCUT2D eigenvalue weighted by Crippen LogP contribution is 2.19. The van der Waals surface area contributed by atoms with Gasteiger partial charge in [-0.25, -0.2) is 13.2 Å². The molecule has 2 aromatic carbocycles. The van der Waals surface area contributed by atoms with Crippen LogP contribution in [0.2, 0.25) is 0 Å². The van der Waals surface area contributed by atoms with Gasteiger partial charge in [-0.2, -0.15) is 0 Å². The van der Waals surface area contributed by atoms with Crippen LogP contribution in [-0.2, 0) is 11.3 Å². The number of ether oxygens (including phenoxy) is 1. The Bertz CT molecular complexity index is 740. The van der Waals surface area contributed by atoms with Crippen LogP contribution in [0.3, 0.4) is 0 Å². The van der Waals surface area contributed by atoms with Crippen molar-refractivity contribution in [2.24, 2.45) is 0 Å². The SMILES string of the molecule is CCN(Cc1cc(Br)ccc1F)C(=O)COc1ccc(F)cc1F. The number of carbonyl (C=O) groups is 1. The van der Waals surface area contributed by atoms with Crippen molar-refractivity contribution >= 4 is 21.8 Å². The maximum atomic E-state index is 13.8. The maximum Gasteiger partial charge on any atom is 0.260 e. The molecule has 2 aromatic rings. The van der Waals surface area contributed by atoms with E-state index in [1.54, 1.807) is 19.1 Å². The molecule has 0 bridgehead atoms. The second kappa shape index (κ2) is 8.19. The van der Waals surface area contributed by atoms with Gasteiger partial charge in [-0.1, -0.05) is 15.9 Å². The van der Waals surface area contributed by atoms with Crippen molar-refractivity contribution in [1.82, 2.24) is 4.90 Å². The first-order chi connectivity index (χ1) is 11.4. The summed E-state index contributed by atoms with van der Waals surface area (Å²) in [5, 5.41) is 0. The molecule has 0 unspecified atom stereocenters. The molecule has 0 aromatic heterocycles. The van der Waals surface area contributed by atoms with E-state index in [-0.39, 0.29) is 12.3 Å². The number of hydrogen-bond acceptors (Lipinski definition) is 2. The summed E-state index contributed by atoms with van der Waals surface area (Å²) in [6.07, 6.45) is 0. The highest BCUT2D eigenvalue weighted by Gasteiger charge is 2.16. The highest BCUT2D eigenvalue weighted by atomic mass is 79.9. The minimum Gasteiger partial charge on any atom is -0.481 e. The fraction of sp³-hybridized carbons (Fsp3) is 0.235. The standard InChI is InChI=1S/C17H15BrF3NO2/c1-2-22(9-11-7-12(18)3-5-14(11)20)17(23)10-24-16-6-4-13(19)8-15(16)21/h3-8H,2,9-10H2,1H3. The van der Waals surface area contributed by atoms with Gasteiger partial charge in [-0.15, -0.1) is 0 Å². The van der Waals surface area contributed by atoms with Crippen LogP contribution in [0.1, 0.15) is 12.5 Å². The normalized spacial score (nSPS) is 10.5. The zero-order chi connectivity index (χ0) is 17.7. The van der Waals surface area contributed by atoms with Crippen molar-refractivity contribution in [2.75, 3.05) is 13.2 Å². The number of nitrogens with zero attached hydrogens (tertiary/aromatic N) is 1. The van der Waals surface area contributed by atoms with E-state index < -0.39 is 30.0 Å². The number of amides is 1. The molecule has 1 amide bonds. The van der Waals surface area contributed by atoms with Crippen LogP contribution in [0.5, 0.6) is 5.75 Å². The minimum absolute atomic E-state index is 0.0653. The number of benzene rings is 2. The Morgan fingerprint density at radius 2 is 1.88 bits per heavy atom. The summed E-state index contributed by atoms with van der Waals surface area (Å²) in [6.45, 7) is 1.72. The van der Waals surface area contributed by atoms with E-state index in [1.165, 1.54) is 11.0 Å². The zero-order valence-electron chi connectivity index (χ0n) is 12.9. The van der Waals surface area contributed by atoms with E-state index in [2.05, 4.69) is 15.9 Å². The fourth-order valence-corrected chi connectivity index (χ4v) is 2.48. The first-order valence-electron chi connectivity index (χ1n) is 7.20. The van der Waals surface area contributed by atoms with Gasteiger partial charge in [-0.05, 0) is 37.3 Å². The molecule has 0 aliphatic carbocycles. The van der Waals surface area contributed by atoms with Crippen molar-refractivity contribution in [2.45, 2.75) is 13.5 Å². The largest absolute Gasteiger partial charge is 0.481 e. The predicted molar refractivity (Wildman–Crippen MR) is 87.0 cm³/mol. The lowest BCUT2D eigenvalue weighted by Gasteiger charge is -2.21. The molecular weight excluding hydrogens is 387 g/mol.